The zero-order chi connectivity index (χ0) is 24.0. The van der Waals surface area contributed by atoms with Crippen molar-refractivity contribution >= 4 is 26.8 Å². The van der Waals surface area contributed by atoms with Crippen LogP contribution in [0.2, 0.25) is 0 Å². The van der Waals surface area contributed by atoms with Gasteiger partial charge in [-0.25, -0.2) is 8.42 Å². The Balaban J connectivity index is 1.15. The number of aromatic nitrogens is 1. The lowest BCUT2D eigenvalue weighted by Gasteiger charge is -2.49. The molecule has 35 heavy (non-hydrogen) atoms. The van der Waals surface area contributed by atoms with E-state index in [1.54, 1.807) is 18.3 Å². The summed E-state index contributed by atoms with van der Waals surface area (Å²) in [5, 5.41) is 1.06. The van der Waals surface area contributed by atoms with E-state index >= 15 is 0 Å². The van der Waals surface area contributed by atoms with Gasteiger partial charge in [-0.05, 0) is 48.2 Å². The fraction of sp³-hybridized carbons (Fsp3) is 0.385. The van der Waals surface area contributed by atoms with Gasteiger partial charge in [0.15, 0.2) is 0 Å². The largest absolute Gasteiger partial charge is 0.377 e. The number of carbonyl (C=O) groups excluding carboxylic acids is 1. The van der Waals surface area contributed by atoms with Crippen molar-refractivity contribution < 1.29 is 22.7 Å². The molecule has 3 aliphatic rings. The highest BCUT2D eigenvalue weighted by Crippen LogP contribution is 2.34. The number of pyridine rings is 1. The van der Waals surface area contributed by atoms with Crippen LogP contribution in [0.4, 0.5) is 0 Å². The van der Waals surface area contributed by atoms with E-state index in [0.717, 1.165) is 22.0 Å². The molecular formula is C26H27N3O5S. The van der Waals surface area contributed by atoms with Crippen molar-refractivity contribution in [1.29, 1.82) is 0 Å². The molecule has 8 nitrogen and oxygen atoms in total. The van der Waals surface area contributed by atoms with Gasteiger partial charge in [0.25, 0.3) is 0 Å². The van der Waals surface area contributed by atoms with E-state index in [-0.39, 0.29) is 23.5 Å². The lowest BCUT2D eigenvalue weighted by atomic mass is 9.89. The van der Waals surface area contributed by atoms with E-state index in [1.165, 1.54) is 4.31 Å². The van der Waals surface area contributed by atoms with Crippen molar-refractivity contribution in [3.8, 4) is 11.1 Å². The normalized spacial score (nSPS) is 21.4. The Bertz CT molecular complexity index is 1360. The van der Waals surface area contributed by atoms with Gasteiger partial charge in [-0.3, -0.25) is 9.78 Å². The molecule has 182 valence electrons. The van der Waals surface area contributed by atoms with Gasteiger partial charge in [0.2, 0.25) is 15.9 Å². The average Bonchev–Trinajstić information content (AvgIpc) is 2.85. The highest BCUT2D eigenvalue weighted by molar-refractivity contribution is 7.89. The third kappa shape index (κ3) is 4.12. The molecule has 1 amide bonds. The van der Waals surface area contributed by atoms with Gasteiger partial charge in [-0.1, -0.05) is 30.3 Å². The molecule has 9 heteroatoms. The van der Waals surface area contributed by atoms with Crippen molar-refractivity contribution in [2.45, 2.75) is 29.4 Å². The number of piperidine rings is 1. The molecule has 1 spiro atoms. The molecule has 1 aromatic heterocycles. The smallest absolute Gasteiger partial charge is 0.249 e. The van der Waals surface area contributed by atoms with E-state index in [1.807, 2.05) is 47.4 Å². The Labute approximate surface area is 204 Å². The van der Waals surface area contributed by atoms with E-state index in [0.29, 0.717) is 45.7 Å². The van der Waals surface area contributed by atoms with Gasteiger partial charge in [-0.2, -0.15) is 4.31 Å². The number of amides is 1. The van der Waals surface area contributed by atoms with Crippen molar-refractivity contribution in [3.05, 3.63) is 60.8 Å². The van der Waals surface area contributed by atoms with Gasteiger partial charge in [0.05, 0.1) is 41.8 Å². The molecule has 0 atom stereocenters. The van der Waals surface area contributed by atoms with Crippen LogP contribution in [0.1, 0.15) is 12.8 Å². The maximum absolute atomic E-state index is 13.4. The number of carbonyl (C=O) groups is 1. The van der Waals surface area contributed by atoms with Crippen molar-refractivity contribution in [2.24, 2.45) is 0 Å². The summed E-state index contributed by atoms with van der Waals surface area (Å²) in [5.74, 6) is -0.0127. The van der Waals surface area contributed by atoms with E-state index in [4.69, 9.17) is 9.47 Å². The van der Waals surface area contributed by atoms with E-state index in [9.17, 15) is 13.2 Å². The van der Waals surface area contributed by atoms with Crippen LogP contribution in [0.25, 0.3) is 22.0 Å². The number of rotatable bonds is 4. The first-order chi connectivity index (χ1) is 16.9. The minimum atomic E-state index is -3.62. The molecular weight excluding hydrogens is 466 g/mol. The Morgan fingerprint density at radius 2 is 1.71 bits per heavy atom. The number of fused-ring (bicyclic) bond motifs is 1. The average molecular weight is 494 g/mol. The Morgan fingerprint density at radius 3 is 2.43 bits per heavy atom. The highest BCUT2D eigenvalue weighted by atomic mass is 32.2. The van der Waals surface area contributed by atoms with Crippen LogP contribution < -0.4 is 0 Å². The number of hydrogen-bond donors (Lipinski definition) is 0. The molecule has 4 heterocycles. The summed E-state index contributed by atoms with van der Waals surface area (Å²) in [4.78, 5) is 18.8. The predicted octanol–water partition coefficient (Wildman–Crippen LogP) is 2.68. The summed E-state index contributed by atoms with van der Waals surface area (Å²) in [5.41, 5.74) is 2.35. The number of benzene rings is 2. The summed E-state index contributed by atoms with van der Waals surface area (Å²) in [7, 11) is -3.62. The van der Waals surface area contributed by atoms with Gasteiger partial charge in [-0.15, -0.1) is 0 Å². The molecule has 0 radical (unpaired) electrons. The molecule has 2 aromatic carbocycles. The third-order valence-corrected chi connectivity index (χ3v) is 9.32. The summed E-state index contributed by atoms with van der Waals surface area (Å²) < 4.78 is 39.5. The van der Waals surface area contributed by atoms with Crippen LogP contribution in [0.15, 0.2) is 65.7 Å². The van der Waals surface area contributed by atoms with Crippen LogP contribution >= 0.6 is 0 Å². The van der Waals surface area contributed by atoms with Crippen molar-refractivity contribution in [2.75, 3.05) is 39.5 Å². The Kier molecular flexibility index (Phi) is 5.60. The second-order valence-electron chi connectivity index (χ2n) is 9.52. The fourth-order valence-corrected chi connectivity index (χ4v) is 6.57. The Morgan fingerprint density at radius 1 is 0.971 bits per heavy atom. The van der Waals surface area contributed by atoms with Gasteiger partial charge in [0.1, 0.15) is 6.61 Å². The molecule has 3 saturated heterocycles. The van der Waals surface area contributed by atoms with Crippen LogP contribution in [0, 0.1) is 0 Å². The van der Waals surface area contributed by atoms with Crippen molar-refractivity contribution in [1.82, 2.24) is 14.2 Å². The lowest BCUT2D eigenvalue weighted by Crippen LogP contribution is -2.64. The summed E-state index contributed by atoms with van der Waals surface area (Å²) in [6, 6.07) is 17.1. The standard InChI is InChI=1S/C26H27N3O5S/c30-25-17-34-26(18-29(25)22-15-33-16-22)9-12-28(13-10-26)35(31,32)23-7-5-19(6-8-23)21-4-3-20-2-1-11-27-24(20)14-21/h1-8,11,14,22H,9-10,12-13,15-18H2. The zero-order valence-corrected chi connectivity index (χ0v) is 20.1. The van der Waals surface area contributed by atoms with Crippen LogP contribution in [-0.2, 0) is 24.3 Å². The first-order valence-corrected chi connectivity index (χ1v) is 13.3. The zero-order valence-electron chi connectivity index (χ0n) is 19.3. The fourth-order valence-electron chi connectivity index (χ4n) is 5.13. The number of morpholine rings is 1. The minimum absolute atomic E-state index is 0.0127. The number of ether oxygens (including phenoxy) is 2. The number of nitrogens with zero attached hydrogens (tertiary/aromatic N) is 3. The summed E-state index contributed by atoms with van der Waals surface area (Å²) >= 11 is 0. The minimum Gasteiger partial charge on any atom is -0.377 e. The molecule has 0 unspecified atom stereocenters. The molecule has 3 fully saturated rings. The molecule has 3 aromatic rings. The second-order valence-corrected chi connectivity index (χ2v) is 11.5. The topological polar surface area (TPSA) is 89.0 Å². The quantitative estimate of drug-likeness (QED) is 0.555. The van der Waals surface area contributed by atoms with Crippen LogP contribution in [0.5, 0.6) is 0 Å². The molecule has 0 bridgehead atoms. The second kappa shape index (κ2) is 8.67. The number of sulfonamides is 1. The maximum Gasteiger partial charge on any atom is 0.249 e. The van der Waals surface area contributed by atoms with Gasteiger partial charge >= 0.3 is 0 Å². The van der Waals surface area contributed by atoms with E-state index in [2.05, 4.69) is 4.98 Å². The summed E-state index contributed by atoms with van der Waals surface area (Å²) in [6.07, 6.45) is 2.89. The van der Waals surface area contributed by atoms with Crippen LogP contribution in [-0.4, -0.2) is 79.6 Å². The van der Waals surface area contributed by atoms with Gasteiger partial charge < -0.3 is 14.4 Å². The van der Waals surface area contributed by atoms with Crippen molar-refractivity contribution in [3.63, 3.8) is 0 Å². The highest BCUT2D eigenvalue weighted by Gasteiger charge is 2.46. The van der Waals surface area contributed by atoms with Crippen LogP contribution in [0.3, 0.4) is 0 Å². The molecule has 0 saturated carbocycles. The maximum atomic E-state index is 13.4. The summed E-state index contributed by atoms with van der Waals surface area (Å²) in [6.45, 7) is 2.41. The molecule has 0 aliphatic carbocycles. The molecule has 3 aliphatic heterocycles. The molecule has 0 N–H and O–H groups in total. The first-order valence-electron chi connectivity index (χ1n) is 11.9. The number of hydrogen-bond acceptors (Lipinski definition) is 6. The molecule has 6 rings (SSSR count). The van der Waals surface area contributed by atoms with E-state index < -0.39 is 15.6 Å². The predicted molar refractivity (Wildman–Crippen MR) is 130 cm³/mol. The lowest BCUT2D eigenvalue weighted by molar-refractivity contribution is -0.187. The monoisotopic (exact) mass is 493 g/mol. The third-order valence-electron chi connectivity index (χ3n) is 7.41. The SMILES string of the molecule is O=C1COC2(CCN(S(=O)(=O)c3ccc(-c4ccc5cccnc5c4)cc3)CC2)CN1C1COC1. The Hall–Kier alpha value is -2.85. The first kappa shape index (κ1) is 22.6. The van der Waals surface area contributed by atoms with Gasteiger partial charge in [0, 0.05) is 24.7 Å².